The topological polar surface area (TPSA) is 46.2 Å². The minimum absolute atomic E-state index is 0.321. The first-order valence-electron chi connectivity index (χ1n) is 6.79. The Labute approximate surface area is 132 Å². The van der Waals surface area contributed by atoms with E-state index in [0.717, 1.165) is 28.5 Å². The van der Waals surface area contributed by atoms with Crippen molar-refractivity contribution in [3.05, 3.63) is 76.2 Å². The lowest BCUT2D eigenvalue weighted by molar-refractivity contribution is -0.115. The van der Waals surface area contributed by atoms with E-state index in [1.54, 1.807) is 6.08 Å². The van der Waals surface area contributed by atoms with Crippen molar-refractivity contribution in [2.24, 2.45) is 0 Å². The Morgan fingerprint density at radius 1 is 0.773 bits per heavy atom. The molecule has 4 heteroatoms. The summed E-state index contributed by atoms with van der Waals surface area (Å²) in [5.41, 5.74) is 3.11. The number of benzene rings is 2. The summed E-state index contributed by atoms with van der Waals surface area (Å²) in [7, 11) is 0. The highest BCUT2D eigenvalue weighted by atomic mass is 32.2. The quantitative estimate of drug-likeness (QED) is 0.683. The second kappa shape index (κ2) is 6.45. The maximum Gasteiger partial charge on any atom is 0.290 e. The molecule has 0 aromatic heterocycles. The van der Waals surface area contributed by atoms with Gasteiger partial charge in [-0.15, -0.1) is 0 Å². The molecule has 3 nitrogen and oxygen atoms in total. The third-order valence-corrected chi connectivity index (χ3v) is 3.95. The number of rotatable bonds is 3. The van der Waals surface area contributed by atoms with Crippen molar-refractivity contribution in [1.82, 2.24) is 5.32 Å². The molecule has 108 valence electrons. The van der Waals surface area contributed by atoms with Gasteiger partial charge >= 0.3 is 0 Å². The Morgan fingerprint density at radius 2 is 1.36 bits per heavy atom. The monoisotopic (exact) mass is 307 g/mol. The van der Waals surface area contributed by atoms with Crippen LogP contribution < -0.4 is 5.32 Å². The third-order valence-electron chi connectivity index (χ3n) is 3.14. The maximum absolute atomic E-state index is 11.5. The number of carbonyl (C=O) groups excluding carboxylic acids is 2. The SMILES string of the molecule is O=C1NC(=O)/C(=C/c2ccc(/C=C/c3ccccc3)cc2)S1. The summed E-state index contributed by atoms with van der Waals surface area (Å²) in [6.45, 7) is 0. The molecule has 1 aliphatic rings. The fraction of sp³-hybridized carbons (Fsp3) is 0. The Bertz CT molecular complexity index is 761. The molecule has 1 saturated heterocycles. The number of hydrogen-bond donors (Lipinski definition) is 1. The van der Waals surface area contributed by atoms with E-state index in [4.69, 9.17) is 0 Å². The Balaban J connectivity index is 1.73. The minimum Gasteiger partial charge on any atom is -0.282 e. The van der Waals surface area contributed by atoms with Gasteiger partial charge in [-0.2, -0.15) is 0 Å². The van der Waals surface area contributed by atoms with Crippen LogP contribution in [0.25, 0.3) is 18.2 Å². The van der Waals surface area contributed by atoms with Crippen molar-refractivity contribution < 1.29 is 9.59 Å². The largest absolute Gasteiger partial charge is 0.290 e. The molecule has 0 atom stereocenters. The number of nitrogens with one attached hydrogen (secondary N) is 1. The molecular weight excluding hydrogens is 294 g/mol. The first-order chi connectivity index (χ1) is 10.7. The van der Waals surface area contributed by atoms with Crippen LogP contribution in [0, 0.1) is 0 Å². The molecule has 0 unspecified atom stereocenters. The summed E-state index contributed by atoms with van der Waals surface area (Å²) in [5, 5.41) is 1.92. The predicted octanol–water partition coefficient (Wildman–Crippen LogP) is 4.18. The lowest BCUT2D eigenvalue weighted by Crippen LogP contribution is -2.17. The highest BCUT2D eigenvalue weighted by Gasteiger charge is 2.24. The molecule has 1 aliphatic heterocycles. The van der Waals surface area contributed by atoms with Crippen LogP contribution in [0.5, 0.6) is 0 Å². The van der Waals surface area contributed by atoms with Crippen LogP contribution in [0.2, 0.25) is 0 Å². The van der Waals surface area contributed by atoms with Gasteiger partial charge in [0.2, 0.25) is 0 Å². The molecule has 0 radical (unpaired) electrons. The van der Waals surface area contributed by atoms with Gasteiger partial charge < -0.3 is 0 Å². The van der Waals surface area contributed by atoms with Gasteiger partial charge in [0, 0.05) is 0 Å². The van der Waals surface area contributed by atoms with Crippen molar-refractivity contribution >= 4 is 41.1 Å². The van der Waals surface area contributed by atoms with E-state index < -0.39 is 0 Å². The second-order valence-electron chi connectivity index (χ2n) is 4.76. The van der Waals surface area contributed by atoms with Gasteiger partial charge in [-0.05, 0) is 34.5 Å². The number of thioether (sulfide) groups is 1. The normalized spacial score (nSPS) is 16.5. The number of imide groups is 1. The minimum atomic E-state index is -0.331. The van der Waals surface area contributed by atoms with Gasteiger partial charge in [-0.1, -0.05) is 66.7 Å². The van der Waals surface area contributed by atoms with E-state index >= 15 is 0 Å². The van der Waals surface area contributed by atoms with Crippen LogP contribution >= 0.6 is 11.8 Å². The average molecular weight is 307 g/mol. The van der Waals surface area contributed by atoms with Gasteiger partial charge in [0.05, 0.1) is 4.91 Å². The summed E-state index contributed by atoms with van der Waals surface area (Å²) in [5.74, 6) is -0.331. The molecule has 0 saturated carbocycles. The molecule has 3 rings (SSSR count). The first-order valence-corrected chi connectivity index (χ1v) is 7.60. The lowest BCUT2D eigenvalue weighted by atomic mass is 10.1. The fourth-order valence-electron chi connectivity index (χ4n) is 2.03. The van der Waals surface area contributed by atoms with Crippen LogP contribution in [0.3, 0.4) is 0 Å². The lowest BCUT2D eigenvalue weighted by Gasteiger charge is -1.98. The first kappa shape index (κ1) is 14.4. The highest BCUT2D eigenvalue weighted by molar-refractivity contribution is 8.18. The highest BCUT2D eigenvalue weighted by Crippen LogP contribution is 2.25. The molecule has 2 aromatic carbocycles. The van der Waals surface area contributed by atoms with E-state index in [2.05, 4.69) is 5.32 Å². The summed E-state index contributed by atoms with van der Waals surface area (Å²) in [6, 6.07) is 17.9. The van der Waals surface area contributed by atoms with Crippen LogP contribution in [0.4, 0.5) is 4.79 Å². The van der Waals surface area contributed by atoms with Gasteiger partial charge in [-0.25, -0.2) is 0 Å². The third kappa shape index (κ3) is 3.54. The molecule has 22 heavy (non-hydrogen) atoms. The van der Waals surface area contributed by atoms with Crippen molar-refractivity contribution in [3.63, 3.8) is 0 Å². The fourth-order valence-corrected chi connectivity index (χ4v) is 2.71. The summed E-state index contributed by atoms with van der Waals surface area (Å²) >= 11 is 0.928. The van der Waals surface area contributed by atoms with Crippen molar-refractivity contribution in [2.75, 3.05) is 0 Å². The number of carbonyl (C=O) groups is 2. The zero-order chi connectivity index (χ0) is 15.4. The molecular formula is C18H13NO2S. The average Bonchev–Trinajstić information content (AvgIpc) is 2.85. The molecule has 1 N–H and O–H groups in total. The second-order valence-corrected chi connectivity index (χ2v) is 5.78. The smallest absolute Gasteiger partial charge is 0.282 e. The molecule has 0 bridgehead atoms. The maximum atomic E-state index is 11.5. The van der Waals surface area contributed by atoms with E-state index in [-0.39, 0.29) is 11.1 Å². The van der Waals surface area contributed by atoms with Gasteiger partial charge in [0.1, 0.15) is 0 Å². The van der Waals surface area contributed by atoms with Crippen LogP contribution in [-0.4, -0.2) is 11.1 Å². The predicted molar refractivity (Wildman–Crippen MR) is 90.9 cm³/mol. The molecule has 1 fully saturated rings. The Kier molecular flexibility index (Phi) is 4.21. The number of hydrogen-bond acceptors (Lipinski definition) is 3. The van der Waals surface area contributed by atoms with Crippen LogP contribution in [0.15, 0.2) is 59.5 Å². The van der Waals surface area contributed by atoms with Gasteiger partial charge in [0.25, 0.3) is 11.1 Å². The Hall–Kier alpha value is -2.59. The van der Waals surface area contributed by atoms with E-state index in [1.165, 1.54) is 0 Å². The summed E-state index contributed by atoms with van der Waals surface area (Å²) in [6.07, 6.45) is 5.80. The molecule has 0 spiro atoms. The van der Waals surface area contributed by atoms with E-state index in [9.17, 15) is 9.59 Å². The zero-order valence-electron chi connectivity index (χ0n) is 11.7. The Morgan fingerprint density at radius 3 is 1.95 bits per heavy atom. The van der Waals surface area contributed by atoms with Crippen LogP contribution in [0.1, 0.15) is 16.7 Å². The zero-order valence-corrected chi connectivity index (χ0v) is 12.5. The molecule has 1 heterocycles. The molecule has 2 aromatic rings. The van der Waals surface area contributed by atoms with Gasteiger partial charge in [0.15, 0.2) is 0 Å². The van der Waals surface area contributed by atoms with Crippen molar-refractivity contribution in [2.45, 2.75) is 0 Å². The standard InChI is InChI=1S/C18H13NO2S/c20-17-16(22-18(21)19-17)12-15-10-8-14(9-11-15)7-6-13-4-2-1-3-5-13/h1-12H,(H,19,20,21)/b7-6+,16-12-. The summed E-state index contributed by atoms with van der Waals surface area (Å²) < 4.78 is 0. The summed E-state index contributed by atoms with van der Waals surface area (Å²) in [4.78, 5) is 23.0. The number of amides is 2. The van der Waals surface area contributed by atoms with Crippen molar-refractivity contribution in [1.29, 1.82) is 0 Å². The van der Waals surface area contributed by atoms with E-state index in [1.807, 2.05) is 66.7 Å². The molecule has 2 amide bonds. The van der Waals surface area contributed by atoms with E-state index in [0.29, 0.717) is 4.91 Å². The van der Waals surface area contributed by atoms with Crippen LogP contribution in [-0.2, 0) is 4.79 Å². The van der Waals surface area contributed by atoms with Gasteiger partial charge in [-0.3, -0.25) is 14.9 Å². The van der Waals surface area contributed by atoms with Crippen molar-refractivity contribution in [3.8, 4) is 0 Å². The molecule has 0 aliphatic carbocycles.